The van der Waals surface area contributed by atoms with Gasteiger partial charge in [-0.1, -0.05) is 36.4 Å². The Kier molecular flexibility index (Phi) is 2.52. The van der Waals surface area contributed by atoms with E-state index in [2.05, 4.69) is 20.2 Å². The summed E-state index contributed by atoms with van der Waals surface area (Å²) in [6, 6.07) is 17.7. The Morgan fingerprint density at radius 2 is 1.08 bits per heavy atom. The van der Waals surface area contributed by atoms with Gasteiger partial charge in [-0.05, 0) is 18.2 Å². The number of nitrogens with zero attached hydrogens (tertiary/aromatic N) is 6. The highest BCUT2D eigenvalue weighted by molar-refractivity contribution is 6.22. The SMILES string of the molecule is c1ccc2nc3nc4c5ccnnc5c5ccccc5c4nc3nc2c1. The Morgan fingerprint density at radius 3 is 1.77 bits per heavy atom. The monoisotopic (exact) mass is 334 g/mol. The molecule has 0 amide bonds. The van der Waals surface area contributed by atoms with Crippen LogP contribution in [0.5, 0.6) is 0 Å². The molecule has 3 aromatic heterocycles. The van der Waals surface area contributed by atoms with Crippen LogP contribution in [-0.4, -0.2) is 30.1 Å². The van der Waals surface area contributed by atoms with Crippen LogP contribution in [0.25, 0.3) is 55.0 Å². The Bertz CT molecular complexity index is 1380. The van der Waals surface area contributed by atoms with Gasteiger partial charge in [-0.15, -0.1) is 5.10 Å². The van der Waals surface area contributed by atoms with Crippen LogP contribution < -0.4 is 0 Å². The lowest BCUT2D eigenvalue weighted by Gasteiger charge is -2.08. The topological polar surface area (TPSA) is 77.3 Å². The Morgan fingerprint density at radius 1 is 0.500 bits per heavy atom. The molecule has 26 heavy (non-hydrogen) atoms. The van der Waals surface area contributed by atoms with E-state index in [1.165, 1.54) is 0 Å². The van der Waals surface area contributed by atoms with E-state index in [-0.39, 0.29) is 0 Å². The Labute approximate surface area is 146 Å². The Hall–Kier alpha value is -3.80. The summed E-state index contributed by atoms with van der Waals surface area (Å²) in [5, 5.41) is 11.3. The molecule has 0 saturated heterocycles. The van der Waals surface area contributed by atoms with E-state index in [1.54, 1.807) is 6.20 Å². The minimum absolute atomic E-state index is 0.532. The van der Waals surface area contributed by atoms with Gasteiger partial charge in [0.05, 0.1) is 22.7 Å². The number of fused-ring (bicyclic) bond motifs is 8. The molecule has 0 atom stereocenters. The largest absolute Gasteiger partial charge is 0.224 e. The van der Waals surface area contributed by atoms with Crippen molar-refractivity contribution >= 4 is 55.0 Å². The average molecular weight is 334 g/mol. The van der Waals surface area contributed by atoms with E-state index in [4.69, 9.17) is 9.97 Å². The van der Waals surface area contributed by atoms with Gasteiger partial charge in [0.25, 0.3) is 0 Å². The van der Waals surface area contributed by atoms with Crippen molar-refractivity contribution in [3.05, 3.63) is 60.8 Å². The van der Waals surface area contributed by atoms with Crippen LogP contribution in [0.3, 0.4) is 0 Å². The van der Waals surface area contributed by atoms with Gasteiger partial charge in [-0.3, -0.25) is 0 Å². The molecule has 0 bridgehead atoms. The molecular formula is C20H10N6. The molecule has 0 radical (unpaired) electrons. The molecule has 6 aromatic rings. The average Bonchev–Trinajstić information content (AvgIpc) is 2.71. The summed E-state index contributed by atoms with van der Waals surface area (Å²) in [6.07, 6.45) is 1.68. The summed E-state index contributed by atoms with van der Waals surface area (Å²) < 4.78 is 0. The van der Waals surface area contributed by atoms with Crippen LogP contribution in [-0.2, 0) is 0 Å². The second-order valence-electron chi connectivity index (χ2n) is 6.12. The highest BCUT2D eigenvalue weighted by Crippen LogP contribution is 2.32. The second-order valence-corrected chi connectivity index (χ2v) is 6.12. The summed E-state index contributed by atoms with van der Waals surface area (Å²) in [5.74, 6) is 0. The molecule has 0 aliphatic rings. The molecule has 0 unspecified atom stereocenters. The van der Waals surface area contributed by atoms with Crippen molar-refractivity contribution in [2.75, 3.05) is 0 Å². The lowest BCUT2D eigenvalue weighted by molar-refractivity contribution is 1.08. The van der Waals surface area contributed by atoms with Crippen LogP contribution in [0.15, 0.2) is 60.8 Å². The van der Waals surface area contributed by atoms with Gasteiger partial charge in [0.15, 0.2) is 11.3 Å². The Balaban J connectivity index is 1.91. The van der Waals surface area contributed by atoms with Gasteiger partial charge in [0, 0.05) is 16.2 Å². The van der Waals surface area contributed by atoms with E-state index in [1.807, 2.05) is 54.6 Å². The van der Waals surface area contributed by atoms with Crippen LogP contribution >= 0.6 is 0 Å². The first kappa shape index (κ1) is 13.5. The van der Waals surface area contributed by atoms with E-state index in [0.717, 1.165) is 43.7 Å². The number of hydrogen-bond donors (Lipinski definition) is 0. The molecule has 120 valence electrons. The van der Waals surface area contributed by atoms with Crippen molar-refractivity contribution in [3.8, 4) is 0 Å². The summed E-state index contributed by atoms with van der Waals surface area (Å²) >= 11 is 0. The third kappa shape index (κ3) is 1.75. The first-order valence-corrected chi connectivity index (χ1v) is 8.25. The molecule has 6 rings (SSSR count). The zero-order valence-electron chi connectivity index (χ0n) is 13.5. The van der Waals surface area contributed by atoms with E-state index in [9.17, 15) is 0 Å². The van der Waals surface area contributed by atoms with Crippen molar-refractivity contribution in [1.29, 1.82) is 0 Å². The summed E-state index contributed by atoms with van der Waals surface area (Å²) in [4.78, 5) is 18.9. The van der Waals surface area contributed by atoms with E-state index >= 15 is 0 Å². The number of aromatic nitrogens is 6. The minimum Gasteiger partial charge on any atom is -0.224 e. The molecule has 0 spiro atoms. The predicted octanol–water partition coefficient (Wildman–Crippen LogP) is 3.82. The second kappa shape index (κ2) is 4.86. The number of para-hydroxylation sites is 2. The molecule has 6 heteroatoms. The standard InChI is InChI=1S/C20H10N6/c1-2-6-12-11(5-1)16-13(9-10-21-26-16)18-17(12)24-19-20(25-18)23-15-8-4-3-7-14(15)22-19/h1-10H. The van der Waals surface area contributed by atoms with E-state index in [0.29, 0.717) is 11.3 Å². The highest BCUT2D eigenvalue weighted by atomic mass is 15.1. The van der Waals surface area contributed by atoms with E-state index < -0.39 is 0 Å². The maximum atomic E-state index is 4.82. The van der Waals surface area contributed by atoms with Crippen LogP contribution in [0.2, 0.25) is 0 Å². The van der Waals surface area contributed by atoms with Gasteiger partial charge in [0.2, 0.25) is 0 Å². The summed E-state index contributed by atoms with van der Waals surface area (Å²) in [5.41, 5.74) is 5.08. The first-order valence-electron chi connectivity index (χ1n) is 8.25. The first-order chi connectivity index (χ1) is 12.9. The molecule has 0 N–H and O–H groups in total. The molecule has 6 nitrogen and oxygen atoms in total. The van der Waals surface area contributed by atoms with Crippen LogP contribution in [0, 0.1) is 0 Å². The molecule has 3 aromatic carbocycles. The number of rotatable bonds is 0. The predicted molar refractivity (Wildman–Crippen MR) is 101 cm³/mol. The zero-order valence-corrected chi connectivity index (χ0v) is 13.5. The quantitative estimate of drug-likeness (QED) is 0.310. The third-order valence-corrected chi connectivity index (χ3v) is 4.61. The van der Waals surface area contributed by atoms with Gasteiger partial charge in [0.1, 0.15) is 11.0 Å². The van der Waals surface area contributed by atoms with Crippen molar-refractivity contribution in [2.45, 2.75) is 0 Å². The van der Waals surface area contributed by atoms with Crippen molar-refractivity contribution in [2.24, 2.45) is 0 Å². The molecule has 3 heterocycles. The zero-order chi connectivity index (χ0) is 17.1. The fourth-order valence-electron chi connectivity index (χ4n) is 3.44. The van der Waals surface area contributed by atoms with Gasteiger partial charge < -0.3 is 0 Å². The highest BCUT2D eigenvalue weighted by Gasteiger charge is 2.14. The third-order valence-electron chi connectivity index (χ3n) is 4.61. The molecule has 0 aliphatic carbocycles. The minimum atomic E-state index is 0.532. The van der Waals surface area contributed by atoms with Crippen LogP contribution in [0.4, 0.5) is 0 Å². The molecule has 0 saturated carbocycles. The fraction of sp³-hybridized carbons (Fsp3) is 0. The lowest BCUT2D eigenvalue weighted by atomic mass is 10.0. The normalized spacial score (nSPS) is 11.8. The van der Waals surface area contributed by atoms with Gasteiger partial charge in [-0.2, -0.15) is 5.10 Å². The number of hydrogen-bond acceptors (Lipinski definition) is 6. The van der Waals surface area contributed by atoms with Gasteiger partial charge >= 0.3 is 0 Å². The number of benzene rings is 3. The smallest absolute Gasteiger partial charge is 0.199 e. The van der Waals surface area contributed by atoms with Gasteiger partial charge in [-0.25, -0.2) is 19.9 Å². The molecular weight excluding hydrogens is 324 g/mol. The summed E-state index contributed by atoms with van der Waals surface area (Å²) in [7, 11) is 0. The van der Waals surface area contributed by atoms with Crippen molar-refractivity contribution in [1.82, 2.24) is 30.1 Å². The maximum Gasteiger partial charge on any atom is 0.199 e. The maximum absolute atomic E-state index is 4.82. The van der Waals surface area contributed by atoms with Crippen molar-refractivity contribution < 1.29 is 0 Å². The fourth-order valence-corrected chi connectivity index (χ4v) is 3.44. The molecule has 0 aliphatic heterocycles. The molecule has 0 fully saturated rings. The summed E-state index contributed by atoms with van der Waals surface area (Å²) in [6.45, 7) is 0. The van der Waals surface area contributed by atoms with Crippen molar-refractivity contribution in [3.63, 3.8) is 0 Å². The lowest BCUT2D eigenvalue weighted by Crippen LogP contribution is -1.97. The van der Waals surface area contributed by atoms with Crippen LogP contribution in [0.1, 0.15) is 0 Å².